The van der Waals surface area contributed by atoms with Crippen LogP contribution in [-0.4, -0.2) is 12.6 Å². The third-order valence-corrected chi connectivity index (χ3v) is 3.13. The summed E-state index contributed by atoms with van der Waals surface area (Å²) in [5.41, 5.74) is 0.919. The van der Waals surface area contributed by atoms with Crippen LogP contribution in [0.2, 0.25) is 0 Å². The molecule has 2 heteroatoms. The van der Waals surface area contributed by atoms with Gasteiger partial charge in [0, 0.05) is 6.54 Å². The molecule has 0 aliphatic rings. The van der Waals surface area contributed by atoms with Crippen molar-refractivity contribution in [2.24, 2.45) is 9.98 Å². The van der Waals surface area contributed by atoms with Gasteiger partial charge in [0.15, 0.2) is 0 Å². The highest BCUT2D eigenvalue weighted by Gasteiger charge is 1.90. The highest BCUT2D eigenvalue weighted by atomic mass is 14.8. The molecule has 0 N–H and O–H groups in total. The van der Waals surface area contributed by atoms with E-state index in [1.165, 1.54) is 44.9 Å². The molecule has 0 unspecified atom stereocenters. The highest BCUT2D eigenvalue weighted by Crippen LogP contribution is 2.09. The van der Waals surface area contributed by atoms with Crippen LogP contribution in [0.15, 0.2) is 40.3 Å². The molecule has 0 aromatic heterocycles. The monoisotopic (exact) mass is 258 g/mol. The number of rotatable bonds is 10. The summed E-state index contributed by atoms with van der Waals surface area (Å²) in [6, 6.07) is 12.6. The first kappa shape index (κ1) is 15.7. The van der Waals surface area contributed by atoms with Crippen LogP contribution in [-0.2, 0) is 0 Å². The van der Waals surface area contributed by atoms with E-state index in [0.29, 0.717) is 0 Å². The zero-order chi connectivity index (χ0) is 13.6. The van der Waals surface area contributed by atoms with Crippen molar-refractivity contribution in [3.8, 4) is 0 Å². The van der Waals surface area contributed by atoms with Crippen molar-refractivity contribution in [1.82, 2.24) is 0 Å². The van der Waals surface area contributed by atoms with Crippen LogP contribution in [0.4, 0.5) is 5.69 Å². The molecule has 2 nitrogen and oxygen atoms in total. The number of aliphatic imine (C=N–C) groups is 2. The van der Waals surface area contributed by atoms with E-state index in [9.17, 15) is 0 Å². The third kappa shape index (κ3) is 9.21. The summed E-state index contributed by atoms with van der Waals surface area (Å²) in [7, 11) is 0. The Kier molecular flexibility index (Phi) is 9.62. The minimum absolute atomic E-state index is 0.852. The Morgan fingerprint density at radius 3 is 2.16 bits per heavy atom. The lowest BCUT2D eigenvalue weighted by molar-refractivity contribution is 0.578. The van der Waals surface area contributed by atoms with Gasteiger partial charge in [-0.05, 0) is 18.6 Å². The molecule has 104 valence electrons. The molecule has 0 radical (unpaired) electrons. The molecule has 0 atom stereocenters. The summed E-state index contributed by atoms with van der Waals surface area (Å²) in [5.74, 6) is 0. The molecule has 0 heterocycles. The van der Waals surface area contributed by atoms with Gasteiger partial charge in [-0.15, -0.1) is 0 Å². The van der Waals surface area contributed by atoms with Crippen molar-refractivity contribution in [1.29, 1.82) is 0 Å². The van der Waals surface area contributed by atoms with Gasteiger partial charge in [0.2, 0.25) is 0 Å². The first-order chi connectivity index (χ1) is 9.43. The van der Waals surface area contributed by atoms with Gasteiger partial charge in [0.05, 0.1) is 11.7 Å². The maximum atomic E-state index is 4.20. The van der Waals surface area contributed by atoms with Crippen molar-refractivity contribution in [3.63, 3.8) is 0 Å². The van der Waals surface area contributed by atoms with Gasteiger partial charge >= 0.3 is 0 Å². The SMILES string of the molecule is CCCCCCCCCCN=C=Nc1ccccc1. The van der Waals surface area contributed by atoms with Gasteiger partial charge in [-0.2, -0.15) is 4.99 Å². The van der Waals surface area contributed by atoms with Gasteiger partial charge in [0.1, 0.15) is 0 Å². The zero-order valence-corrected chi connectivity index (χ0v) is 12.1. The summed E-state index contributed by atoms with van der Waals surface area (Å²) >= 11 is 0. The van der Waals surface area contributed by atoms with Crippen molar-refractivity contribution in [2.75, 3.05) is 6.54 Å². The van der Waals surface area contributed by atoms with E-state index < -0.39 is 0 Å². The van der Waals surface area contributed by atoms with Crippen LogP contribution in [0.5, 0.6) is 0 Å². The number of hydrogen-bond donors (Lipinski definition) is 0. The molecule has 0 aliphatic carbocycles. The van der Waals surface area contributed by atoms with Crippen LogP contribution in [0.3, 0.4) is 0 Å². The number of para-hydroxylation sites is 1. The van der Waals surface area contributed by atoms with Gasteiger partial charge in [-0.3, -0.25) is 0 Å². The molecule has 0 saturated heterocycles. The van der Waals surface area contributed by atoms with Crippen LogP contribution >= 0.6 is 0 Å². The molecule has 1 rings (SSSR count). The van der Waals surface area contributed by atoms with E-state index in [2.05, 4.69) is 22.9 Å². The Bertz CT molecular complexity index is 364. The van der Waals surface area contributed by atoms with E-state index >= 15 is 0 Å². The normalized spacial score (nSPS) is 9.95. The number of unbranched alkanes of at least 4 members (excludes halogenated alkanes) is 7. The molecule has 0 fully saturated rings. The van der Waals surface area contributed by atoms with Gasteiger partial charge in [-0.25, -0.2) is 4.99 Å². The first-order valence-corrected chi connectivity index (χ1v) is 7.60. The smallest absolute Gasteiger partial charge is 0.0948 e. The van der Waals surface area contributed by atoms with Gasteiger partial charge in [0.25, 0.3) is 0 Å². The Morgan fingerprint density at radius 1 is 0.842 bits per heavy atom. The number of benzene rings is 1. The fourth-order valence-corrected chi connectivity index (χ4v) is 1.97. The Hall–Kier alpha value is -1.40. The Balaban J connectivity index is 1.97. The van der Waals surface area contributed by atoms with E-state index in [4.69, 9.17) is 0 Å². The van der Waals surface area contributed by atoms with Gasteiger partial charge < -0.3 is 0 Å². The maximum Gasteiger partial charge on any atom is 0.0948 e. The molecular formula is C17H26N2. The lowest BCUT2D eigenvalue weighted by Crippen LogP contribution is -1.83. The molecule has 0 amide bonds. The van der Waals surface area contributed by atoms with Gasteiger partial charge in [-0.1, -0.05) is 70.1 Å². The van der Waals surface area contributed by atoms with E-state index in [-0.39, 0.29) is 0 Å². The third-order valence-electron chi connectivity index (χ3n) is 3.13. The lowest BCUT2D eigenvalue weighted by atomic mass is 10.1. The summed E-state index contributed by atoms with van der Waals surface area (Å²) < 4.78 is 0. The summed E-state index contributed by atoms with van der Waals surface area (Å²) in [5, 5.41) is 0. The second kappa shape index (κ2) is 11.7. The predicted octanol–water partition coefficient (Wildman–Crippen LogP) is 5.63. The molecular weight excluding hydrogens is 232 g/mol. The molecule has 0 aliphatic heterocycles. The van der Waals surface area contributed by atoms with E-state index in [1.54, 1.807) is 0 Å². The second-order valence-electron chi connectivity index (χ2n) is 4.90. The fraction of sp³-hybridized carbons (Fsp3) is 0.588. The zero-order valence-electron chi connectivity index (χ0n) is 12.1. The summed E-state index contributed by atoms with van der Waals surface area (Å²) in [4.78, 5) is 8.35. The van der Waals surface area contributed by atoms with E-state index in [0.717, 1.165) is 18.7 Å². The quantitative estimate of drug-likeness (QED) is 0.383. The average Bonchev–Trinajstić information content (AvgIpc) is 2.46. The molecule has 19 heavy (non-hydrogen) atoms. The largest absolute Gasteiger partial charge is 0.225 e. The van der Waals surface area contributed by atoms with Crippen molar-refractivity contribution in [2.45, 2.75) is 58.3 Å². The van der Waals surface area contributed by atoms with Crippen LogP contribution in [0, 0.1) is 0 Å². The van der Waals surface area contributed by atoms with Crippen molar-refractivity contribution in [3.05, 3.63) is 30.3 Å². The van der Waals surface area contributed by atoms with Crippen molar-refractivity contribution >= 4 is 11.7 Å². The molecule has 1 aromatic rings. The lowest BCUT2D eigenvalue weighted by Gasteiger charge is -1.99. The molecule has 0 bridgehead atoms. The predicted molar refractivity (Wildman–Crippen MR) is 83.4 cm³/mol. The Labute approximate surface area is 117 Å². The Morgan fingerprint density at radius 2 is 1.47 bits per heavy atom. The minimum Gasteiger partial charge on any atom is -0.225 e. The van der Waals surface area contributed by atoms with Crippen LogP contribution in [0.1, 0.15) is 58.3 Å². The standard InChI is InChI=1S/C17H26N2/c1-2-3-4-5-6-7-8-12-15-18-16-19-17-13-10-9-11-14-17/h9-11,13-14H,2-8,12,15H2,1H3. The maximum absolute atomic E-state index is 4.20. The summed E-state index contributed by atoms with van der Waals surface area (Å²) in [6.07, 6.45) is 10.7. The van der Waals surface area contributed by atoms with Crippen molar-refractivity contribution < 1.29 is 0 Å². The number of nitrogens with zero attached hydrogens (tertiary/aromatic N) is 2. The second-order valence-corrected chi connectivity index (χ2v) is 4.90. The fourth-order valence-electron chi connectivity index (χ4n) is 1.97. The molecule has 1 aromatic carbocycles. The highest BCUT2D eigenvalue weighted by molar-refractivity contribution is 5.51. The van der Waals surface area contributed by atoms with Crippen LogP contribution < -0.4 is 0 Å². The molecule has 0 saturated carbocycles. The minimum atomic E-state index is 0.852. The first-order valence-electron chi connectivity index (χ1n) is 7.60. The van der Waals surface area contributed by atoms with E-state index in [1.807, 2.05) is 30.3 Å². The average molecular weight is 258 g/mol. The molecule has 0 spiro atoms. The summed E-state index contributed by atoms with van der Waals surface area (Å²) in [6.45, 7) is 3.11. The van der Waals surface area contributed by atoms with Crippen LogP contribution in [0.25, 0.3) is 0 Å². The topological polar surface area (TPSA) is 24.7 Å². The number of hydrogen-bond acceptors (Lipinski definition) is 2.